The predicted octanol–water partition coefficient (Wildman–Crippen LogP) is 1.72. The van der Waals surface area contributed by atoms with Crippen LogP contribution in [-0.4, -0.2) is 58.3 Å². The van der Waals surface area contributed by atoms with Gasteiger partial charge in [0.25, 0.3) is 11.8 Å². The fraction of sp³-hybridized carbons (Fsp3) is 0.500. The number of carbonyl (C=O) groups excluding carboxylic acids is 4. The number of hydrogen-bond donors (Lipinski definition) is 3. The molecule has 1 aromatic rings. The summed E-state index contributed by atoms with van der Waals surface area (Å²) in [4.78, 5) is 51.1. The second kappa shape index (κ2) is 8.06. The number of amides is 5. The number of imide groups is 1. The van der Waals surface area contributed by atoms with Gasteiger partial charge < -0.3 is 16.0 Å². The maximum Gasteiger partial charge on any atom is 0.325 e. The van der Waals surface area contributed by atoms with E-state index in [1.807, 2.05) is 0 Å². The molecule has 0 aromatic heterocycles. The molecule has 3 aliphatic rings. The number of thioether (sulfide) groups is 1. The summed E-state index contributed by atoms with van der Waals surface area (Å²) >= 11 is 1.61. The standard InChI is InChI=1S/C20H24N4O4S/c25-16(11-24-18(27)20(23-19(24)28)9-10-29-12-20)22-15-8-4-3-7-14(15)17(26)21-13-5-1-2-6-13/h3-4,7-8,13H,1-2,5-6,9-12H2,(H,21,26)(H,22,25)(H,23,28). The van der Waals surface area contributed by atoms with Crippen LogP contribution < -0.4 is 16.0 Å². The van der Waals surface area contributed by atoms with Crippen molar-refractivity contribution in [3.05, 3.63) is 29.8 Å². The molecule has 1 saturated carbocycles. The highest BCUT2D eigenvalue weighted by Gasteiger charge is 2.53. The van der Waals surface area contributed by atoms with Gasteiger partial charge in [0.2, 0.25) is 5.91 Å². The highest BCUT2D eigenvalue weighted by atomic mass is 32.2. The summed E-state index contributed by atoms with van der Waals surface area (Å²) in [6, 6.07) is 6.37. The molecule has 1 unspecified atom stereocenters. The Labute approximate surface area is 173 Å². The molecule has 8 nitrogen and oxygen atoms in total. The number of carbonyl (C=O) groups is 4. The highest BCUT2D eigenvalue weighted by molar-refractivity contribution is 7.99. The van der Waals surface area contributed by atoms with Gasteiger partial charge in [-0.1, -0.05) is 25.0 Å². The molecule has 9 heteroatoms. The molecule has 1 spiro atoms. The summed E-state index contributed by atoms with van der Waals surface area (Å²) in [5.41, 5.74) is -0.138. The van der Waals surface area contributed by atoms with Crippen molar-refractivity contribution >= 4 is 41.2 Å². The van der Waals surface area contributed by atoms with Crippen LogP contribution in [0.2, 0.25) is 0 Å². The summed E-state index contributed by atoms with van der Waals surface area (Å²) in [5, 5.41) is 8.43. The van der Waals surface area contributed by atoms with Crippen LogP contribution in [0.15, 0.2) is 24.3 Å². The Balaban J connectivity index is 1.42. The average molecular weight is 417 g/mol. The molecule has 2 saturated heterocycles. The quantitative estimate of drug-likeness (QED) is 0.634. The first-order chi connectivity index (χ1) is 14.0. The second-order valence-electron chi connectivity index (χ2n) is 7.75. The smallest absolute Gasteiger partial charge is 0.325 e. The van der Waals surface area contributed by atoms with Crippen molar-refractivity contribution in [2.75, 3.05) is 23.4 Å². The Morgan fingerprint density at radius 2 is 1.97 bits per heavy atom. The number of anilines is 1. The Morgan fingerprint density at radius 3 is 2.69 bits per heavy atom. The van der Waals surface area contributed by atoms with E-state index in [1.54, 1.807) is 36.0 Å². The fourth-order valence-electron chi connectivity index (χ4n) is 4.11. The lowest BCUT2D eigenvalue weighted by Gasteiger charge is -2.19. The molecule has 0 bridgehead atoms. The van der Waals surface area contributed by atoms with Gasteiger partial charge in [-0.25, -0.2) is 4.79 Å². The zero-order valence-corrected chi connectivity index (χ0v) is 16.8. The Kier molecular flexibility index (Phi) is 5.49. The zero-order chi connectivity index (χ0) is 20.4. The molecular formula is C20H24N4O4S. The van der Waals surface area contributed by atoms with Crippen LogP contribution in [0.25, 0.3) is 0 Å². The van der Waals surface area contributed by atoms with Crippen molar-refractivity contribution in [3.63, 3.8) is 0 Å². The van der Waals surface area contributed by atoms with Crippen LogP contribution in [0.4, 0.5) is 10.5 Å². The van der Waals surface area contributed by atoms with Gasteiger partial charge in [-0.15, -0.1) is 0 Å². The Hall–Kier alpha value is -2.55. The average Bonchev–Trinajstić information content (AvgIpc) is 3.42. The van der Waals surface area contributed by atoms with Crippen LogP contribution in [0.5, 0.6) is 0 Å². The SMILES string of the molecule is O=C(CN1C(=O)NC2(CCSC2)C1=O)Nc1ccccc1C(=O)NC1CCCC1. The predicted molar refractivity (Wildman–Crippen MR) is 110 cm³/mol. The molecule has 154 valence electrons. The van der Waals surface area contributed by atoms with E-state index in [0.29, 0.717) is 23.4 Å². The maximum atomic E-state index is 12.7. The van der Waals surface area contributed by atoms with Gasteiger partial charge in [0.1, 0.15) is 12.1 Å². The molecule has 1 aliphatic carbocycles. The molecule has 1 aromatic carbocycles. The van der Waals surface area contributed by atoms with Gasteiger partial charge in [0.15, 0.2) is 0 Å². The minimum absolute atomic E-state index is 0.164. The number of urea groups is 1. The van der Waals surface area contributed by atoms with Gasteiger partial charge in [0, 0.05) is 11.8 Å². The number of rotatable bonds is 5. The van der Waals surface area contributed by atoms with Crippen molar-refractivity contribution in [1.29, 1.82) is 0 Å². The number of nitrogens with one attached hydrogen (secondary N) is 3. The topological polar surface area (TPSA) is 108 Å². The molecule has 2 aliphatic heterocycles. The summed E-state index contributed by atoms with van der Waals surface area (Å²) in [7, 11) is 0. The lowest BCUT2D eigenvalue weighted by molar-refractivity contribution is -0.133. The number of hydrogen-bond acceptors (Lipinski definition) is 5. The first-order valence-electron chi connectivity index (χ1n) is 9.90. The minimum atomic E-state index is -0.874. The molecule has 3 N–H and O–H groups in total. The molecule has 0 radical (unpaired) electrons. The van der Waals surface area contributed by atoms with Gasteiger partial charge >= 0.3 is 6.03 Å². The first kappa shape index (κ1) is 19.8. The lowest BCUT2D eigenvalue weighted by Crippen LogP contribution is -2.47. The van der Waals surface area contributed by atoms with Crippen molar-refractivity contribution in [2.45, 2.75) is 43.7 Å². The van der Waals surface area contributed by atoms with Crippen molar-refractivity contribution in [2.24, 2.45) is 0 Å². The Morgan fingerprint density at radius 1 is 1.21 bits per heavy atom. The van der Waals surface area contributed by atoms with Crippen molar-refractivity contribution < 1.29 is 19.2 Å². The minimum Gasteiger partial charge on any atom is -0.349 e. The Bertz CT molecular complexity index is 847. The third kappa shape index (κ3) is 3.96. The van der Waals surface area contributed by atoms with Crippen LogP contribution in [0.1, 0.15) is 42.5 Å². The van der Waals surface area contributed by atoms with Gasteiger partial charge in [-0.2, -0.15) is 11.8 Å². The summed E-state index contributed by atoms with van der Waals surface area (Å²) in [6.07, 6.45) is 4.72. The van der Waals surface area contributed by atoms with Crippen LogP contribution in [0, 0.1) is 0 Å². The van der Waals surface area contributed by atoms with Gasteiger partial charge in [-0.3, -0.25) is 19.3 Å². The first-order valence-corrected chi connectivity index (χ1v) is 11.1. The number of benzene rings is 1. The highest BCUT2D eigenvalue weighted by Crippen LogP contribution is 2.33. The zero-order valence-electron chi connectivity index (χ0n) is 16.0. The van der Waals surface area contributed by atoms with E-state index < -0.39 is 17.5 Å². The van der Waals surface area contributed by atoms with Crippen molar-refractivity contribution in [1.82, 2.24) is 15.5 Å². The van der Waals surface area contributed by atoms with E-state index in [9.17, 15) is 19.2 Å². The molecule has 3 fully saturated rings. The van der Waals surface area contributed by atoms with E-state index in [2.05, 4.69) is 16.0 Å². The number of nitrogens with zero attached hydrogens (tertiary/aromatic N) is 1. The molecule has 1 atom stereocenters. The van der Waals surface area contributed by atoms with Crippen LogP contribution in [0.3, 0.4) is 0 Å². The normalized spacial score (nSPS) is 24.2. The molecule has 2 heterocycles. The van der Waals surface area contributed by atoms with E-state index in [1.165, 1.54) is 0 Å². The van der Waals surface area contributed by atoms with Gasteiger partial charge in [0.05, 0.1) is 11.3 Å². The molecule has 5 amide bonds. The third-order valence-electron chi connectivity index (χ3n) is 5.71. The number of para-hydroxylation sites is 1. The third-order valence-corrected chi connectivity index (χ3v) is 6.90. The molecule has 29 heavy (non-hydrogen) atoms. The van der Waals surface area contributed by atoms with Crippen molar-refractivity contribution in [3.8, 4) is 0 Å². The van der Waals surface area contributed by atoms with E-state index in [0.717, 1.165) is 36.3 Å². The lowest BCUT2D eigenvalue weighted by atomic mass is 9.99. The fourth-order valence-corrected chi connectivity index (χ4v) is 5.43. The molecule has 4 rings (SSSR count). The van der Waals surface area contributed by atoms with Crippen LogP contribution >= 0.6 is 11.8 Å². The van der Waals surface area contributed by atoms with E-state index in [-0.39, 0.29) is 24.4 Å². The summed E-state index contributed by atoms with van der Waals surface area (Å²) in [5.74, 6) is 0.229. The monoisotopic (exact) mass is 416 g/mol. The largest absolute Gasteiger partial charge is 0.349 e. The van der Waals surface area contributed by atoms with E-state index >= 15 is 0 Å². The summed E-state index contributed by atoms with van der Waals surface area (Å²) in [6.45, 7) is -0.379. The molecular weight excluding hydrogens is 392 g/mol. The second-order valence-corrected chi connectivity index (χ2v) is 8.86. The van der Waals surface area contributed by atoms with Gasteiger partial charge in [-0.05, 0) is 37.1 Å². The maximum absolute atomic E-state index is 12.7. The van der Waals surface area contributed by atoms with Crippen LogP contribution in [-0.2, 0) is 9.59 Å². The van der Waals surface area contributed by atoms with E-state index in [4.69, 9.17) is 0 Å². The summed E-state index contributed by atoms with van der Waals surface area (Å²) < 4.78 is 0.